The molecular weight excluding hydrogens is 232 g/mol. The van der Waals surface area contributed by atoms with Crippen molar-refractivity contribution in [2.75, 3.05) is 5.75 Å². The molecule has 96 valence electrons. The molecule has 1 heterocycles. The zero-order chi connectivity index (χ0) is 12.8. The van der Waals surface area contributed by atoms with Crippen LogP contribution in [0.25, 0.3) is 0 Å². The number of nitrogens with zero attached hydrogens (tertiary/aromatic N) is 1. The van der Waals surface area contributed by atoms with Gasteiger partial charge in [0.25, 0.3) is 5.56 Å². The van der Waals surface area contributed by atoms with Crippen LogP contribution in [0.15, 0.2) is 9.95 Å². The van der Waals surface area contributed by atoms with E-state index < -0.39 is 0 Å². The van der Waals surface area contributed by atoms with Crippen LogP contribution in [0.3, 0.4) is 0 Å². The molecule has 0 aliphatic rings. The maximum absolute atomic E-state index is 11.9. The molecular formula is C13H22N2OS. The molecule has 4 heteroatoms. The molecule has 0 unspecified atom stereocenters. The summed E-state index contributed by atoms with van der Waals surface area (Å²) in [6, 6.07) is 0. The molecule has 0 saturated carbocycles. The number of thioether (sulfide) groups is 1. The van der Waals surface area contributed by atoms with Crippen LogP contribution in [0.4, 0.5) is 0 Å². The van der Waals surface area contributed by atoms with Crippen molar-refractivity contribution in [3.05, 3.63) is 21.6 Å². The van der Waals surface area contributed by atoms with Gasteiger partial charge < -0.3 is 4.98 Å². The van der Waals surface area contributed by atoms with Gasteiger partial charge in [-0.15, -0.1) is 0 Å². The van der Waals surface area contributed by atoms with Crippen molar-refractivity contribution in [2.45, 2.75) is 52.1 Å². The molecule has 17 heavy (non-hydrogen) atoms. The van der Waals surface area contributed by atoms with Crippen LogP contribution in [-0.2, 0) is 6.42 Å². The topological polar surface area (TPSA) is 45.8 Å². The fourth-order valence-electron chi connectivity index (χ4n) is 1.58. The standard InChI is InChI=1S/C13H22N2OS/c1-5-8-17-13-14-10(4)11(12(16)15-13)7-6-9(2)3/h9H,5-8H2,1-4H3,(H,14,15,16). The van der Waals surface area contributed by atoms with Gasteiger partial charge in [-0.25, -0.2) is 4.98 Å². The van der Waals surface area contributed by atoms with Crippen LogP contribution in [0.1, 0.15) is 44.9 Å². The number of aromatic amines is 1. The number of rotatable bonds is 6. The van der Waals surface area contributed by atoms with Crippen LogP contribution < -0.4 is 5.56 Å². The second kappa shape index (κ2) is 6.84. The van der Waals surface area contributed by atoms with E-state index in [1.165, 1.54) is 0 Å². The Hall–Kier alpha value is -0.770. The van der Waals surface area contributed by atoms with Crippen molar-refractivity contribution in [2.24, 2.45) is 5.92 Å². The Morgan fingerprint density at radius 2 is 2.12 bits per heavy atom. The third-order valence-corrected chi connectivity index (χ3v) is 3.69. The van der Waals surface area contributed by atoms with Crippen molar-refractivity contribution in [1.82, 2.24) is 9.97 Å². The largest absolute Gasteiger partial charge is 0.301 e. The van der Waals surface area contributed by atoms with E-state index in [9.17, 15) is 4.79 Å². The van der Waals surface area contributed by atoms with Gasteiger partial charge in [-0.2, -0.15) is 0 Å². The van der Waals surface area contributed by atoms with Crippen molar-refractivity contribution in [3.63, 3.8) is 0 Å². The number of aromatic nitrogens is 2. The van der Waals surface area contributed by atoms with Gasteiger partial charge >= 0.3 is 0 Å². The summed E-state index contributed by atoms with van der Waals surface area (Å²) in [6.45, 7) is 8.39. The van der Waals surface area contributed by atoms with E-state index in [1.807, 2.05) is 6.92 Å². The molecule has 0 spiro atoms. The molecule has 1 aromatic rings. The highest BCUT2D eigenvalue weighted by molar-refractivity contribution is 7.99. The summed E-state index contributed by atoms with van der Waals surface area (Å²) in [4.78, 5) is 19.3. The van der Waals surface area contributed by atoms with E-state index >= 15 is 0 Å². The Bertz CT molecular complexity index is 412. The normalized spacial score (nSPS) is 11.1. The Kier molecular flexibility index (Phi) is 5.75. The average molecular weight is 254 g/mol. The number of H-pyrrole nitrogens is 1. The molecule has 3 nitrogen and oxygen atoms in total. The first-order valence-corrected chi connectivity index (χ1v) is 7.25. The third-order valence-electron chi connectivity index (χ3n) is 2.62. The molecule has 1 N–H and O–H groups in total. The van der Waals surface area contributed by atoms with Gasteiger partial charge in [-0.1, -0.05) is 32.5 Å². The van der Waals surface area contributed by atoms with Gasteiger partial charge in [0.05, 0.1) is 0 Å². The van der Waals surface area contributed by atoms with Gasteiger partial charge in [-0.3, -0.25) is 4.79 Å². The Morgan fingerprint density at radius 1 is 1.41 bits per heavy atom. The van der Waals surface area contributed by atoms with Crippen molar-refractivity contribution in [1.29, 1.82) is 0 Å². The highest BCUT2D eigenvalue weighted by Gasteiger charge is 2.08. The summed E-state index contributed by atoms with van der Waals surface area (Å²) in [5.41, 5.74) is 1.77. The minimum Gasteiger partial charge on any atom is -0.301 e. The fourth-order valence-corrected chi connectivity index (χ4v) is 2.34. The summed E-state index contributed by atoms with van der Waals surface area (Å²) >= 11 is 1.62. The maximum atomic E-state index is 11.9. The van der Waals surface area contributed by atoms with Crippen LogP contribution in [0.5, 0.6) is 0 Å². The Labute approximate surface area is 107 Å². The highest BCUT2D eigenvalue weighted by Crippen LogP contribution is 2.14. The molecule has 0 saturated heterocycles. The van der Waals surface area contributed by atoms with Crippen LogP contribution in [-0.4, -0.2) is 15.7 Å². The molecule has 0 amide bonds. The summed E-state index contributed by atoms with van der Waals surface area (Å²) in [7, 11) is 0. The average Bonchev–Trinajstić information content (AvgIpc) is 2.24. The molecule has 0 atom stereocenters. The molecule has 0 aliphatic heterocycles. The number of aryl methyl sites for hydroxylation is 1. The van der Waals surface area contributed by atoms with E-state index in [4.69, 9.17) is 0 Å². The zero-order valence-corrected chi connectivity index (χ0v) is 12.0. The first-order valence-electron chi connectivity index (χ1n) is 6.27. The molecule has 0 bridgehead atoms. The van der Waals surface area contributed by atoms with Gasteiger partial charge in [0.1, 0.15) is 0 Å². The lowest BCUT2D eigenvalue weighted by Gasteiger charge is -2.08. The number of nitrogens with one attached hydrogen (secondary N) is 1. The Morgan fingerprint density at radius 3 is 2.65 bits per heavy atom. The lowest BCUT2D eigenvalue weighted by atomic mass is 10.0. The smallest absolute Gasteiger partial charge is 0.254 e. The Balaban J connectivity index is 2.83. The minimum absolute atomic E-state index is 0.0387. The quantitative estimate of drug-likeness (QED) is 0.626. The molecule has 0 radical (unpaired) electrons. The van der Waals surface area contributed by atoms with Gasteiger partial charge in [0, 0.05) is 17.0 Å². The number of hydrogen-bond acceptors (Lipinski definition) is 3. The van der Waals surface area contributed by atoms with E-state index in [-0.39, 0.29) is 5.56 Å². The first-order chi connectivity index (χ1) is 8.04. The lowest BCUT2D eigenvalue weighted by Crippen LogP contribution is -2.18. The predicted molar refractivity (Wildman–Crippen MR) is 73.8 cm³/mol. The fraction of sp³-hybridized carbons (Fsp3) is 0.692. The van der Waals surface area contributed by atoms with Crippen LogP contribution in [0.2, 0.25) is 0 Å². The van der Waals surface area contributed by atoms with Gasteiger partial charge in [-0.05, 0) is 32.1 Å². The van der Waals surface area contributed by atoms with Crippen molar-refractivity contribution >= 4 is 11.8 Å². The third kappa shape index (κ3) is 4.54. The van der Waals surface area contributed by atoms with E-state index in [0.29, 0.717) is 5.92 Å². The van der Waals surface area contributed by atoms with Crippen LogP contribution >= 0.6 is 11.8 Å². The van der Waals surface area contributed by atoms with E-state index in [1.54, 1.807) is 11.8 Å². The molecule has 0 aliphatic carbocycles. The molecule has 1 aromatic heterocycles. The van der Waals surface area contributed by atoms with Gasteiger partial charge in [0.2, 0.25) is 0 Å². The molecule has 0 aromatic carbocycles. The molecule has 0 fully saturated rings. The summed E-state index contributed by atoms with van der Waals surface area (Å²) in [5, 5.41) is 0.752. The van der Waals surface area contributed by atoms with Crippen LogP contribution in [0, 0.1) is 12.8 Å². The molecule has 1 rings (SSSR count). The maximum Gasteiger partial charge on any atom is 0.254 e. The second-order valence-corrected chi connectivity index (χ2v) is 5.80. The van der Waals surface area contributed by atoms with E-state index in [0.717, 1.165) is 41.4 Å². The minimum atomic E-state index is 0.0387. The summed E-state index contributed by atoms with van der Waals surface area (Å²) < 4.78 is 0. The first kappa shape index (κ1) is 14.3. The zero-order valence-electron chi connectivity index (χ0n) is 11.2. The highest BCUT2D eigenvalue weighted by atomic mass is 32.2. The lowest BCUT2D eigenvalue weighted by molar-refractivity contribution is 0.580. The predicted octanol–water partition coefficient (Wildman–Crippen LogP) is 3.17. The monoisotopic (exact) mass is 254 g/mol. The van der Waals surface area contributed by atoms with Gasteiger partial charge in [0.15, 0.2) is 5.16 Å². The second-order valence-electron chi connectivity index (χ2n) is 4.72. The number of hydrogen-bond donors (Lipinski definition) is 1. The summed E-state index contributed by atoms with van der Waals surface area (Å²) in [5.74, 6) is 1.61. The summed E-state index contributed by atoms with van der Waals surface area (Å²) in [6.07, 6.45) is 2.94. The van der Waals surface area contributed by atoms with E-state index in [2.05, 4.69) is 30.7 Å². The van der Waals surface area contributed by atoms with Crippen molar-refractivity contribution < 1.29 is 0 Å². The SMILES string of the molecule is CCCSc1nc(C)c(CCC(C)C)c(=O)[nH]1. The van der Waals surface area contributed by atoms with Crippen molar-refractivity contribution in [3.8, 4) is 0 Å².